The summed E-state index contributed by atoms with van der Waals surface area (Å²) in [6.45, 7) is 4.92. The molecule has 6 rings (SSSR count). The SMILES string of the molecule is CC12CCCCC1(C)N(c1ccccc1)c1ccc(-c3ccc(-c4ccc(/C=C(\C#N)C(=O)O)cc4)cc3)cc12. The van der Waals surface area contributed by atoms with E-state index in [2.05, 4.69) is 91.5 Å². The smallest absolute Gasteiger partial charge is 0.346 e. The number of carbonyl (C=O) groups is 1. The third kappa shape index (κ3) is 4.10. The van der Waals surface area contributed by atoms with Gasteiger partial charge < -0.3 is 10.0 Å². The molecule has 4 heteroatoms. The summed E-state index contributed by atoms with van der Waals surface area (Å²) in [6.07, 6.45) is 6.28. The molecule has 1 aliphatic heterocycles. The molecule has 0 bridgehead atoms. The van der Waals surface area contributed by atoms with Gasteiger partial charge in [0, 0.05) is 16.8 Å². The highest BCUT2D eigenvalue weighted by atomic mass is 16.4. The number of hydrogen-bond donors (Lipinski definition) is 1. The Hall–Kier alpha value is -4.62. The molecule has 198 valence electrons. The molecule has 2 aliphatic rings. The predicted molar refractivity (Wildman–Crippen MR) is 161 cm³/mol. The summed E-state index contributed by atoms with van der Waals surface area (Å²) in [5.74, 6) is -1.22. The van der Waals surface area contributed by atoms with E-state index in [9.17, 15) is 4.79 Å². The van der Waals surface area contributed by atoms with Gasteiger partial charge in [0.25, 0.3) is 0 Å². The van der Waals surface area contributed by atoms with Gasteiger partial charge in [-0.3, -0.25) is 0 Å². The molecule has 4 aromatic rings. The average molecular weight is 525 g/mol. The molecule has 0 aromatic heterocycles. The fourth-order valence-corrected chi connectivity index (χ4v) is 6.83. The zero-order valence-corrected chi connectivity index (χ0v) is 22.9. The van der Waals surface area contributed by atoms with Crippen molar-refractivity contribution < 1.29 is 9.90 Å². The molecule has 0 saturated heterocycles. The van der Waals surface area contributed by atoms with Crippen LogP contribution in [-0.4, -0.2) is 16.6 Å². The van der Waals surface area contributed by atoms with Crippen LogP contribution in [0.3, 0.4) is 0 Å². The molecule has 1 fully saturated rings. The third-order valence-corrected chi connectivity index (χ3v) is 9.24. The van der Waals surface area contributed by atoms with E-state index in [1.165, 1.54) is 59.8 Å². The summed E-state index contributed by atoms with van der Waals surface area (Å²) >= 11 is 0. The van der Waals surface area contributed by atoms with Crippen LogP contribution in [0.25, 0.3) is 28.3 Å². The van der Waals surface area contributed by atoms with Crippen LogP contribution in [-0.2, 0) is 10.2 Å². The Labute approximate surface area is 235 Å². The van der Waals surface area contributed by atoms with Gasteiger partial charge in [-0.05, 0) is 83.5 Å². The van der Waals surface area contributed by atoms with E-state index in [-0.39, 0.29) is 16.5 Å². The van der Waals surface area contributed by atoms with Gasteiger partial charge in [-0.15, -0.1) is 0 Å². The number of aliphatic carboxylic acids is 1. The number of carboxylic acids is 1. The molecular formula is C36H32N2O2. The van der Waals surface area contributed by atoms with Crippen molar-refractivity contribution in [2.45, 2.75) is 50.5 Å². The number of nitriles is 1. The molecule has 1 aliphatic carbocycles. The van der Waals surface area contributed by atoms with Crippen LogP contribution < -0.4 is 4.90 Å². The van der Waals surface area contributed by atoms with Crippen molar-refractivity contribution in [2.75, 3.05) is 4.90 Å². The first-order valence-electron chi connectivity index (χ1n) is 13.9. The van der Waals surface area contributed by atoms with Crippen LogP contribution in [0.1, 0.15) is 50.7 Å². The molecule has 1 saturated carbocycles. The minimum absolute atomic E-state index is 0.0389. The fourth-order valence-electron chi connectivity index (χ4n) is 6.83. The van der Waals surface area contributed by atoms with Gasteiger partial charge in [0.1, 0.15) is 11.6 Å². The van der Waals surface area contributed by atoms with E-state index in [1.807, 2.05) is 24.3 Å². The minimum atomic E-state index is -1.22. The Morgan fingerprint density at radius 1 is 0.825 bits per heavy atom. The molecule has 0 amide bonds. The van der Waals surface area contributed by atoms with Gasteiger partial charge in [0.2, 0.25) is 0 Å². The van der Waals surface area contributed by atoms with Crippen molar-refractivity contribution >= 4 is 23.4 Å². The maximum atomic E-state index is 11.1. The molecule has 40 heavy (non-hydrogen) atoms. The molecule has 2 unspecified atom stereocenters. The third-order valence-electron chi connectivity index (χ3n) is 9.24. The average Bonchev–Trinajstić information content (AvgIpc) is 3.19. The maximum Gasteiger partial charge on any atom is 0.346 e. The van der Waals surface area contributed by atoms with Gasteiger partial charge in [-0.25, -0.2) is 4.79 Å². The largest absolute Gasteiger partial charge is 0.477 e. The predicted octanol–water partition coefficient (Wildman–Crippen LogP) is 8.75. The van der Waals surface area contributed by atoms with E-state index in [4.69, 9.17) is 10.4 Å². The summed E-state index contributed by atoms with van der Waals surface area (Å²) in [6, 6.07) is 35.8. The Balaban J connectivity index is 1.32. The van der Waals surface area contributed by atoms with Crippen molar-refractivity contribution in [3.8, 4) is 28.3 Å². The molecule has 1 N–H and O–H groups in total. The van der Waals surface area contributed by atoms with E-state index in [0.717, 1.165) is 11.1 Å². The van der Waals surface area contributed by atoms with Gasteiger partial charge in [0.15, 0.2) is 0 Å². The standard InChI is InChI=1S/C36H32N2O2/c1-35-20-6-7-21-36(35,2)38(31-8-4-3-5-9-31)33-19-18-29(23-32(33)35)28-16-14-27(15-17-28)26-12-10-25(11-13-26)22-30(24-37)34(39)40/h3-5,8-19,22-23H,6-7,20-21H2,1-2H3,(H,39,40)/b30-22+. The monoisotopic (exact) mass is 524 g/mol. The summed E-state index contributed by atoms with van der Waals surface area (Å²) in [7, 11) is 0. The topological polar surface area (TPSA) is 64.3 Å². The van der Waals surface area contributed by atoms with Crippen molar-refractivity contribution in [3.63, 3.8) is 0 Å². The molecule has 1 heterocycles. The van der Waals surface area contributed by atoms with Crippen molar-refractivity contribution in [1.29, 1.82) is 5.26 Å². The number of benzene rings is 4. The highest BCUT2D eigenvalue weighted by molar-refractivity contribution is 5.96. The lowest BCUT2D eigenvalue weighted by Gasteiger charge is -2.50. The number of nitrogens with zero attached hydrogens (tertiary/aromatic N) is 2. The van der Waals surface area contributed by atoms with E-state index in [0.29, 0.717) is 5.56 Å². The summed E-state index contributed by atoms with van der Waals surface area (Å²) in [4.78, 5) is 13.7. The maximum absolute atomic E-state index is 11.1. The minimum Gasteiger partial charge on any atom is -0.477 e. The first kappa shape index (κ1) is 25.6. The number of para-hydroxylation sites is 1. The van der Waals surface area contributed by atoms with Crippen molar-refractivity contribution in [3.05, 3.63) is 114 Å². The molecule has 0 radical (unpaired) electrons. The van der Waals surface area contributed by atoms with E-state index >= 15 is 0 Å². The Kier molecular flexibility index (Phi) is 6.31. The lowest BCUT2D eigenvalue weighted by molar-refractivity contribution is -0.132. The summed E-state index contributed by atoms with van der Waals surface area (Å²) in [5, 5.41) is 18.1. The van der Waals surface area contributed by atoms with Crippen molar-refractivity contribution in [2.24, 2.45) is 0 Å². The van der Waals surface area contributed by atoms with Gasteiger partial charge in [0.05, 0.1) is 5.54 Å². The van der Waals surface area contributed by atoms with E-state index in [1.54, 1.807) is 6.07 Å². The van der Waals surface area contributed by atoms with Gasteiger partial charge in [-0.2, -0.15) is 5.26 Å². The summed E-state index contributed by atoms with van der Waals surface area (Å²) < 4.78 is 0. The van der Waals surface area contributed by atoms with Gasteiger partial charge >= 0.3 is 5.97 Å². The first-order chi connectivity index (χ1) is 19.3. The Morgan fingerprint density at radius 2 is 1.40 bits per heavy atom. The number of carboxylic acid groups (broad SMARTS) is 1. The lowest BCUT2D eigenvalue weighted by Crippen LogP contribution is -2.54. The Bertz CT molecular complexity index is 1650. The first-order valence-corrected chi connectivity index (χ1v) is 13.9. The second-order valence-corrected chi connectivity index (χ2v) is 11.4. The van der Waals surface area contributed by atoms with Crippen molar-refractivity contribution in [1.82, 2.24) is 0 Å². The molecular weight excluding hydrogens is 492 g/mol. The number of fused-ring (bicyclic) bond motifs is 3. The van der Waals surface area contributed by atoms with Crippen LogP contribution in [0, 0.1) is 11.3 Å². The lowest BCUT2D eigenvalue weighted by atomic mass is 9.61. The van der Waals surface area contributed by atoms with Crippen LogP contribution >= 0.6 is 0 Å². The van der Waals surface area contributed by atoms with Crippen LogP contribution in [0.4, 0.5) is 11.4 Å². The zero-order valence-electron chi connectivity index (χ0n) is 22.9. The Morgan fingerprint density at radius 3 is 2.02 bits per heavy atom. The van der Waals surface area contributed by atoms with Crippen LogP contribution in [0.5, 0.6) is 0 Å². The highest BCUT2D eigenvalue weighted by Crippen LogP contribution is 2.61. The quantitative estimate of drug-likeness (QED) is 0.209. The zero-order chi connectivity index (χ0) is 27.9. The van der Waals surface area contributed by atoms with Crippen LogP contribution in [0.2, 0.25) is 0 Å². The second-order valence-electron chi connectivity index (χ2n) is 11.4. The normalized spacial score (nSPS) is 21.8. The molecule has 2 atom stereocenters. The summed E-state index contributed by atoms with van der Waals surface area (Å²) in [5.41, 5.74) is 9.10. The number of anilines is 2. The highest BCUT2D eigenvalue weighted by Gasteiger charge is 2.57. The van der Waals surface area contributed by atoms with Crippen LogP contribution in [0.15, 0.2) is 103 Å². The van der Waals surface area contributed by atoms with E-state index < -0.39 is 5.97 Å². The van der Waals surface area contributed by atoms with Gasteiger partial charge in [-0.1, -0.05) is 92.6 Å². The fraction of sp³-hybridized carbons (Fsp3) is 0.222. The molecule has 4 nitrogen and oxygen atoms in total. The number of rotatable bonds is 5. The second kappa shape index (κ2) is 9.84. The molecule has 0 spiro atoms. The molecule has 4 aromatic carbocycles. The number of hydrogen-bond acceptors (Lipinski definition) is 3.